The summed E-state index contributed by atoms with van der Waals surface area (Å²) in [5.74, 6) is -3.37. The summed E-state index contributed by atoms with van der Waals surface area (Å²) in [6, 6.07) is 15.1. The molecule has 1 aliphatic heterocycles. The van der Waals surface area contributed by atoms with Gasteiger partial charge in [0.2, 0.25) is 17.7 Å². The average molecular weight is 639 g/mol. The number of carbonyl (C=O) groups is 6. The number of unbranched alkanes of at least 4 members (excludes halogenated alkanes) is 1. The van der Waals surface area contributed by atoms with Crippen LogP contribution in [0.25, 0.3) is 0 Å². The molecule has 1 heterocycles. The zero-order valence-corrected chi connectivity index (χ0v) is 25.9. The number of carbonyl (C=O) groups excluding carboxylic acids is 5. The molecule has 248 valence electrons. The number of rotatable bonds is 17. The summed E-state index contributed by atoms with van der Waals surface area (Å²) in [6.07, 6.45) is 1.05. The first-order chi connectivity index (χ1) is 22.2. The smallest absolute Gasteiger partial charge is 0.407 e. The van der Waals surface area contributed by atoms with Gasteiger partial charge in [0.25, 0.3) is 0 Å². The number of nitrogens with zero attached hydrogens (tertiary/aromatic N) is 1. The minimum Gasteiger partial charge on any atom is -0.480 e. The maximum atomic E-state index is 13.6. The van der Waals surface area contributed by atoms with Crippen molar-refractivity contribution in [3.05, 3.63) is 71.8 Å². The molecule has 13 nitrogen and oxygen atoms in total. The number of hydrogen-bond acceptors (Lipinski definition) is 8. The minimum absolute atomic E-state index is 0.117. The Morgan fingerprint density at radius 3 is 2.22 bits per heavy atom. The first kappa shape index (κ1) is 35.5. The van der Waals surface area contributed by atoms with Crippen LogP contribution in [0.2, 0.25) is 0 Å². The number of aliphatic carboxylic acids is 1. The first-order valence-corrected chi connectivity index (χ1v) is 15.4. The number of alkyl carbamates (subject to hydrolysis) is 1. The van der Waals surface area contributed by atoms with E-state index in [1.54, 1.807) is 24.3 Å². The summed E-state index contributed by atoms with van der Waals surface area (Å²) in [7, 11) is 1.21. The van der Waals surface area contributed by atoms with E-state index in [1.807, 2.05) is 36.4 Å². The van der Waals surface area contributed by atoms with Gasteiger partial charge in [0.1, 0.15) is 24.7 Å². The number of likely N-dealkylation sites (tertiary alicyclic amines) is 1. The SMILES string of the molecule is COC(=O)CCC(=O)N[C@@H](CCCCNC(=O)OCc1ccccc1)C(=O)N[C@@H](Cc1ccccc1)C(=O)N1CCC[C@H]1C(=O)O. The number of esters is 1. The van der Waals surface area contributed by atoms with Crippen LogP contribution < -0.4 is 16.0 Å². The molecule has 3 rings (SSSR count). The van der Waals surface area contributed by atoms with Gasteiger partial charge in [0.05, 0.1) is 13.5 Å². The van der Waals surface area contributed by atoms with Crippen molar-refractivity contribution in [3.63, 3.8) is 0 Å². The summed E-state index contributed by atoms with van der Waals surface area (Å²) < 4.78 is 9.79. The van der Waals surface area contributed by atoms with Gasteiger partial charge in [-0.1, -0.05) is 60.7 Å². The predicted molar refractivity (Wildman–Crippen MR) is 166 cm³/mol. The third-order valence-electron chi connectivity index (χ3n) is 7.56. The van der Waals surface area contributed by atoms with Gasteiger partial charge < -0.3 is 35.4 Å². The van der Waals surface area contributed by atoms with Gasteiger partial charge in [-0.3, -0.25) is 19.2 Å². The second kappa shape index (κ2) is 18.8. The van der Waals surface area contributed by atoms with Crippen LogP contribution >= 0.6 is 0 Å². The van der Waals surface area contributed by atoms with Crippen LogP contribution in [0.4, 0.5) is 4.79 Å². The van der Waals surface area contributed by atoms with Crippen molar-refractivity contribution in [2.24, 2.45) is 0 Å². The lowest BCUT2D eigenvalue weighted by Gasteiger charge is -2.29. The van der Waals surface area contributed by atoms with Crippen molar-refractivity contribution in [1.82, 2.24) is 20.9 Å². The van der Waals surface area contributed by atoms with Crippen LogP contribution in [0.5, 0.6) is 0 Å². The average Bonchev–Trinajstić information content (AvgIpc) is 3.56. The van der Waals surface area contributed by atoms with Gasteiger partial charge in [-0.2, -0.15) is 0 Å². The molecule has 13 heteroatoms. The molecule has 4 amide bonds. The Kier molecular flexibility index (Phi) is 14.5. The number of amides is 4. The van der Waals surface area contributed by atoms with Crippen LogP contribution in [0.15, 0.2) is 60.7 Å². The Morgan fingerprint density at radius 1 is 0.891 bits per heavy atom. The largest absolute Gasteiger partial charge is 0.480 e. The number of methoxy groups -OCH3 is 1. The molecular formula is C33H42N4O9. The van der Waals surface area contributed by atoms with E-state index in [2.05, 4.69) is 20.7 Å². The molecule has 2 aromatic rings. The second-order valence-corrected chi connectivity index (χ2v) is 11.0. The third-order valence-corrected chi connectivity index (χ3v) is 7.56. The number of carboxylic acid groups (broad SMARTS) is 1. The molecule has 2 aromatic carbocycles. The van der Waals surface area contributed by atoms with Crippen LogP contribution in [0.1, 0.15) is 56.1 Å². The number of hydrogen-bond donors (Lipinski definition) is 4. The summed E-state index contributed by atoms with van der Waals surface area (Å²) >= 11 is 0. The van der Waals surface area contributed by atoms with Crippen molar-refractivity contribution < 1.29 is 43.3 Å². The molecule has 46 heavy (non-hydrogen) atoms. The van der Waals surface area contributed by atoms with Crippen LogP contribution in [-0.4, -0.2) is 84.1 Å². The fraction of sp³-hybridized carbons (Fsp3) is 0.455. The van der Waals surface area contributed by atoms with Gasteiger partial charge in [0.15, 0.2) is 0 Å². The van der Waals surface area contributed by atoms with E-state index in [0.29, 0.717) is 25.7 Å². The molecule has 0 aromatic heterocycles. The molecule has 0 spiro atoms. The standard InChI is InChI=1S/C33H42N4O9/c1-45-29(39)18-17-28(38)35-25(15-8-9-19-34-33(44)46-22-24-13-6-3-7-14-24)30(40)36-26(21-23-11-4-2-5-12-23)31(41)37-20-10-16-27(37)32(42)43/h2-7,11-14,25-27H,8-10,15-22H2,1H3,(H,34,44)(H,35,38)(H,36,40)(H,42,43)/t25-,26-,27-/m0/s1. The van der Waals surface area contributed by atoms with E-state index in [0.717, 1.165) is 11.1 Å². The molecule has 0 unspecified atom stereocenters. The Balaban J connectivity index is 1.63. The van der Waals surface area contributed by atoms with Gasteiger partial charge in [-0.25, -0.2) is 9.59 Å². The summed E-state index contributed by atoms with van der Waals surface area (Å²) in [5, 5.41) is 17.7. The summed E-state index contributed by atoms with van der Waals surface area (Å²) in [5.41, 5.74) is 1.61. The highest BCUT2D eigenvalue weighted by molar-refractivity contribution is 5.94. The van der Waals surface area contributed by atoms with Crippen molar-refractivity contribution >= 4 is 35.8 Å². The van der Waals surface area contributed by atoms with E-state index in [9.17, 15) is 33.9 Å². The van der Waals surface area contributed by atoms with Crippen molar-refractivity contribution in [2.45, 2.75) is 76.1 Å². The van der Waals surface area contributed by atoms with E-state index in [-0.39, 0.29) is 45.4 Å². The normalized spacial score (nSPS) is 15.2. The molecule has 0 aliphatic carbocycles. The molecule has 1 fully saturated rings. The quantitative estimate of drug-likeness (QED) is 0.149. The lowest BCUT2D eigenvalue weighted by atomic mass is 10.0. The third kappa shape index (κ3) is 11.9. The zero-order valence-electron chi connectivity index (χ0n) is 25.9. The maximum Gasteiger partial charge on any atom is 0.407 e. The topological polar surface area (TPSA) is 180 Å². The predicted octanol–water partition coefficient (Wildman–Crippen LogP) is 2.32. The molecule has 3 atom stereocenters. The van der Waals surface area contributed by atoms with E-state index in [4.69, 9.17) is 4.74 Å². The second-order valence-electron chi connectivity index (χ2n) is 11.0. The monoisotopic (exact) mass is 638 g/mol. The number of benzene rings is 2. The number of nitrogens with one attached hydrogen (secondary N) is 3. The molecular weight excluding hydrogens is 596 g/mol. The summed E-state index contributed by atoms with van der Waals surface area (Å²) in [6.45, 7) is 0.643. The van der Waals surface area contributed by atoms with Crippen molar-refractivity contribution in [1.29, 1.82) is 0 Å². The molecule has 0 bridgehead atoms. The van der Waals surface area contributed by atoms with E-state index < -0.39 is 53.9 Å². The molecule has 0 radical (unpaired) electrons. The van der Waals surface area contributed by atoms with Crippen molar-refractivity contribution in [3.8, 4) is 0 Å². The first-order valence-electron chi connectivity index (χ1n) is 15.4. The summed E-state index contributed by atoms with van der Waals surface area (Å²) in [4.78, 5) is 76.6. The van der Waals surface area contributed by atoms with Crippen LogP contribution in [-0.2, 0) is 46.5 Å². The van der Waals surface area contributed by atoms with Gasteiger partial charge in [-0.15, -0.1) is 0 Å². The van der Waals surface area contributed by atoms with Crippen LogP contribution in [0.3, 0.4) is 0 Å². The van der Waals surface area contributed by atoms with Gasteiger partial charge in [-0.05, 0) is 43.2 Å². The fourth-order valence-electron chi connectivity index (χ4n) is 5.10. The zero-order chi connectivity index (χ0) is 33.3. The highest BCUT2D eigenvalue weighted by Crippen LogP contribution is 2.20. The molecule has 0 saturated carbocycles. The Morgan fingerprint density at radius 2 is 1.57 bits per heavy atom. The Bertz CT molecular complexity index is 1320. The lowest BCUT2D eigenvalue weighted by molar-refractivity contribution is -0.149. The Labute approximate surface area is 268 Å². The molecule has 4 N–H and O–H groups in total. The number of carboxylic acids is 1. The number of ether oxygens (including phenoxy) is 2. The van der Waals surface area contributed by atoms with Gasteiger partial charge in [0, 0.05) is 25.9 Å². The molecule has 1 saturated heterocycles. The van der Waals surface area contributed by atoms with E-state index in [1.165, 1.54) is 12.0 Å². The van der Waals surface area contributed by atoms with E-state index >= 15 is 0 Å². The molecule has 1 aliphatic rings. The lowest BCUT2D eigenvalue weighted by Crippen LogP contribution is -2.56. The highest BCUT2D eigenvalue weighted by Gasteiger charge is 2.38. The highest BCUT2D eigenvalue weighted by atomic mass is 16.5. The Hall–Kier alpha value is -4.94. The van der Waals surface area contributed by atoms with Crippen LogP contribution in [0, 0.1) is 0 Å². The van der Waals surface area contributed by atoms with Crippen molar-refractivity contribution in [2.75, 3.05) is 20.2 Å². The minimum atomic E-state index is -1.11. The fourth-order valence-corrected chi connectivity index (χ4v) is 5.10. The van der Waals surface area contributed by atoms with Gasteiger partial charge >= 0.3 is 18.0 Å². The maximum absolute atomic E-state index is 13.6.